The van der Waals surface area contributed by atoms with E-state index in [9.17, 15) is 14.4 Å². The Morgan fingerprint density at radius 3 is 2.29 bits per heavy atom. The third-order valence-corrected chi connectivity index (χ3v) is 5.69. The number of imide groups is 1. The molecule has 2 aromatic carbocycles. The van der Waals surface area contributed by atoms with Crippen molar-refractivity contribution in [3.05, 3.63) is 59.1 Å². The summed E-state index contributed by atoms with van der Waals surface area (Å²) in [5, 5.41) is 0.396. The van der Waals surface area contributed by atoms with Crippen LogP contribution in [-0.4, -0.2) is 24.2 Å². The minimum atomic E-state index is -0.265. The lowest BCUT2D eigenvalue weighted by molar-refractivity contribution is -0.122. The Hall–Kier alpha value is -2.66. The maximum atomic E-state index is 12.9. The molecule has 6 heteroatoms. The van der Waals surface area contributed by atoms with Crippen LogP contribution in [0.15, 0.2) is 48.5 Å². The number of ketones is 1. The van der Waals surface area contributed by atoms with Crippen molar-refractivity contribution in [3.8, 4) is 5.75 Å². The molecule has 28 heavy (non-hydrogen) atoms. The van der Waals surface area contributed by atoms with Gasteiger partial charge in [-0.1, -0.05) is 54.8 Å². The van der Waals surface area contributed by atoms with Gasteiger partial charge in [0.15, 0.2) is 12.4 Å². The normalized spacial score (nSPS) is 21.5. The van der Waals surface area contributed by atoms with E-state index in [1.165, 1.54) is 4.90 Å². The van der Waals surface area contributed by atoms with E-state index in [1.807, 2.05) is 6.07 Å². The van der Waals surface area contributed by atoms with Crippen molar-refractivity contribution in [1.82, 2.24) is 0 Å². The molecule has 1 aliphatic heterocycles. The summed E-state index contributed by atoms with van der Waals surface area (Å²) >= 11 is 6.13. The quantitative estimate of drug-likeness (QED) is 0.558. The standard InChI is InChI=1S/C22H20ClNO4/c23-15-10-11-20(28-13-19(25)14-6-2-1-3-7-14)18(12-15)24-21(26)16-8-4-5-9-17(16)22(24)27/h1-3,6-7,10-12,16-17H,4-5,8-9,13H2/t16-,17+. The molecule has 0 N–H and O–H groups in total. The summed E-state index contributed by atoms with van der Waals surface area (Å²) in [6.07, 6.45) is 3.38. The van der Waals surface area contributed by atoms with Gasteiger partial charge in [-0.2, -0.15) is 0 Å². The van der Waals surface area contributed by atoms with E-state index in [-0.39, 0.29) is 36.0 Å². The molecule has 144 valence electrons. The molecule has 1 heterocycles. The van der Waals surface area contributed by atoms with E-state index in [0.717, 1.165) is 25.7 Å². The highest BCUT2D eigenvalue weighted by Crippen LogP contribution is 2.43. The smallest absolute Gasteiger partial charge is 0.237 e. The third kappa shape index (κ3) is 3.42. The number of nitrogens with zero attached hydrogens (tertiary/aromatic N) is 1. The van der Waals surface area contributed by atoms with Crippen molar-refractivity contribution >= 4 is 34.9 Å². The molecule has 1 saturated carbocycles. The predicted molar refractivity (Wildman–Crippen MR) is 106 cm³/mol. The van der Waals surface area contributed by atoms with Gasteiger partial charge in [0.25, 0.3) is 0 Å². The van der Waals surface area contributed by atoms with E-state index < -0.39 is 0 Å². The number of amides is 2. The number of ether oxygens (including phenoxy) is 1. The number of anilines is 1. The third-order valence-electron chi connectivity index (χ3n) is 5.46. The summed E-state index contributed by atoms with van der Waals surface area (Å²) in [6.45, 7) is -0.193. The molecule has 0 bridgehead atoms. The van der Waals surface area contributed by atoms with E-state index in [0.29, 0.717) is 22.0 Å². The van der Waals surface area contributed by atoms with Gasteiger partial charge in [0.2, 0.25) is 11.8 Å². The number of Topliss-reactive ketones (excluding diaryl/α,β-unsaturated/α-hetero) is 1. The van der Waals surface area contributed by atoms with E-state index >= 15 is 0 Å². The summed E-state index contributed by atoms with van der Waals surface area (Å²) in [5.74, 6) is -0.811. The Labute approximate surface area is 168 Å². The second-order valence-electron chi connectivity index (χ2n) is 7.20. The first-order valence-corrected chi connectivity index (χ1v) is 9.82. The molecule has 0 unspecified atom stereocenters. The zero-order valence-corrected chi connectivity index (χ0v) is 16.0. The molecule has 2 amide bonds. The van der Waals surface area contributed by atoms with Crippen molar-refractivity contribution in [2.75, 3.05) is 11.5 Å². The monoisotopic (exact) mass is 397 g/mol. The molecule has 0 radical (unpaired) electrons. The summed E-state index contributed by atoms with van der Waals surface area (Å²) in [7, 11) is 0. The number of carbonyl (C=O) groups is 3. The Morgan fingerprint density at radius 2 is 1.64 bits per heavy atom. The molecular weight excluding hydrogens is 378 g/mol. The first-order chi connectivity index (χ1) is 13.6. The number of benzene rings is 2. The predicted octanol–water partition coefficient (Wildman–Crippen LogP) is 4.28. The maximum absolute atomic E-state index is 12.9. The minimum absolute atomic E-state index is 0.186. The van der Waals surface area contributed by atoms with Crippen molar-refractivity contribution in [2.24, 2.45) is 11.8 Å². The van der Waals surface area contributed by atoms with E-state index in [1.54, 1.807) is 42.5 Å². The van der Waals surface area contributed by atoms with Gasteiger partial charge in [0, 0.05) is 10.6 Å². The van der Waals surface area contributed by atoms with Gasteiger partial charge in [-0.3, -0.25) is 14.4 Å². The summed E-state index contributed by atoms with van der Waals surface area (Å²) in [5.41, 5.74) is 0.857. The van der Waals surface area contributed by atoms with Crippen molar-refractivity contribution in [1.29, 1.82) is 0 Å². The van der Waals surface area contributed by atoms with Crippen LogP contribution in [0.25, 0.3) is 0 Å². The van der Waals surface area contributed by atoms with Gasteiger partial charge in [-0.15, -0.1) is 0 Å². The Balaban J connectivity index is 1.59. The van der Waals surface area contributed by atoms with Crippen LogP contribution in [0.4, 0.5) is 5.69 Å². The Kier molecular flexibility index (Phi) is 5.18. The number of fused-ring (bicyclic) bond motifs is 1. The van der Waals surface area contributed by atoms with Gasteiger partial charge in [-0.25, -0.2) is 4.90 Å². The average molecular weight is 398 g/mol. The molecule has 2 atom stereocenters. The van der Waals surface area contributed by atoms with Gasteiger partial charge in [-0.05, 0) is 31.0 Å². The fraction of sp³-hybridized carbons (Fsp3) is 0.318. The van der Waals surface area contributed by atoms with Crippen molar-refractivity contribution < 1.29 is 19.1 Å². The molecule has 2 fully saturated rings. The topological polar surface area (TPSA) is 63.7 Å². The number of hydrogen-bond acceptors (Lipinski definition) is 4. The zero-order chi connectivity index (χ0) is 19.7. The fourth-order valence-corrected chi connectivity index (χ4v) is 4.20. The van der Waals surface area contributed by atoms with E-state index in [2.05, 4.69) is 0 Å². The SMILES string of the molecule is O=C(COc1ccc(Cl)cc1N1C(=O)[C@H]2CCCC[C@H]2C1=O)c1ccccc1. The second-order valence-corrected chi connectivity index (χ2v) is 7.64. The van der Waals surface area contributed by atoms with Crippen LogP contribution in [0.3, 0.4) is 0 Å². The summed E-state index contributed by atoms with van der Waals surface area (Å²) in [4.78, 5) is 39.4. The zero-order valence-electron chi connectivity index (χ0n) is 15.3. The Bertz CT molecular complexity index is 903. The second kappa shape index (κ2) is 7.76. The van der Waals surface area contributed by atoms with Gasteiger partial charge >= 0.3 is 0 Å². The molecule has 0 spiro atoms. The molecule has 1 aliphatic carbocycles. The number of carbonyl (C=O) groups excluding carboxylic acids is 3. The lowest BCUT2D eigenvalue weighted by Crippen LogP contribution is -2.31. The van der Waals surface area contributed by atoms with Gasteiger partial charge < -0.3 is 4.74 Å². The number of hydrogen-bond donors (Lipinski definition) is 0. The lowest BCUT2D eigenvalue weighted by Gasteiger charge is -2.19. The molecular formula is C22H20ClNO4. The van der Waals surface area contributed by atoms with Crippen LogP contribution < -0.4 is 9.64 Å². The van der Waals surface area contributed by atoms with Gasteiger partial charge in [0.05, 0.1) is 17.5 Å². The fourth-order valence-electron chi connectivity index (χ4n) is 4.04. The molecule has 0 aromatic heterocycles. The molecule has 2 aromatic rings. The molecule has 1 saturated heterocycles. The minimum Gasteiger partial charge on any atom is -0.483 e. The molecule has 5 nitrogen and oxygen atoms in total. The highest BCUT2D eigenvalue weighted by Gasteiger charge is 2.49. The largest absolute Gasteiger partial charge is 0.483 e. The first kappa shape index (κ1) is 18.7. The highest BCUT2D eigenvalue weighted by molar-refractivity contribution is 6.31. The summed E-state index contributed by atoms with van der Waals surface area (Å²) < 4.78 is 5.72. The van der Waals surface area contributed by atoms with Crippen LogP contribution in [0.5, 0.6) is 5.75 Å². The number of rotatable bonds is 5. The van der Waals surface area contributed by atoms with Gasteiger partial charge in [0.1, 0.15) is 5.75 Å². The lowest BCUT2D eigenvalue weighted by atomic mass is 9.81. The van der Waals surface area contributed by atoms with Crippen LogP contribution in [0.2, 0.25) is 5.02 Å². The van der Waals surface area contributed by atoms with Crippen molar-refractivity contribution in [3.63, 3.8) is 0 Å². The first-order valence-electron chi connectivity index (χ1n) is 9.44. The highest BCUT2D eigenvalue weighted by atomic mass is 35.5. The van der Waals surface area contributed by atoms with E-state index in [4.69, 9.17) is 16.3 Å². The summed E-state index contributed by atoms with van der Waals surface area (Å²) in [6, 6.07) is 13.6. The maximum Gasteiger partial charge on any atom is 0.237 e. The molecule has 4 rings (SSSR count). The number of halogens is 1. The average Bonchev–Trinajstić information content (AvgIpc) is 2.98. The Morgan fingerprint density at radius 1 is 1.00 bits per heavy atom. The van der Waals surface area contributed by atoms with Crippen molar-refractivity contribution in [2.45, 2.75) is 25.7 Å². The van der Waals surface area contributed by atoms with Crippen LogP contribution in [-0.2, 0) is 9.59 Å². The van der Waals surface area contributed by atoms with Crippen LogP contribution in [0.1, 0.15) is 36.0 Å². The van der Waals surface area contributed by atoms with Crippen LogP contribution >= 0.6 is 11.6 Å². The molecule has 2 aliphatic rings. The van der Waals surface area contributed by atoms with Crippen LogP contribution in [0, 0.1) is 11.8 Å².